The molecule has 0 bridgehead atoms. The number of nitrogens with one attached hydrogen (secondary N) is 2. The Morgan fingerprint density at radius 3 is 2.28 bits per heavy atom. The lowest BCUT2D eigenvalue weighted by atomic mass is 10.1. The minimum atomic E-state index is -0.796. The predicted octanol–water partition coefficient (Wildman–Crippen LogP) is 2.33. The minimum absolute atomic E-state index is 0.0476. The molecular weight excluding hydrogens is 482 g/mol. The topological polar surface area (TPSA) is 122 Å². The van der Waals surface area contributed by atoms with Crippen molar-refractivity contribution in [2.24, 2.45) is 5.92 Å². The molecule has 1 fully saturated rings. The van der Waals surface area contributed by atoms with Gasteiger partial charge in [-0.05, 0) is 55.5 Å². The lowest BCUT2D eigenvalue weighted by Crippen LogP contribution is -2.43. The number of hydrazine groups is 1. The monoisotopic (exact) mass is 501 g/mol. The molecule has 3 rings (SSSR count). The fourth-order valence-corrected chi connectivity index (χ4v) is 3.27. The average Bonchev–Trinajstić information content (AvgIpc) is 3.13. The molecule has 1 atom stereocenters. The van der Waals surface area contributed by atoms with Crippen molar-refractivity contribution in [1.29, 1.82) is 0 Å². The Morgan fingerprint density at radius 1 is 1.03 bits per heavy atom. The molecule has 0 aliphatic carbocycles. The molecule has 166 valence electrons. The van der Waals surface area contributed by atoms with Gasteiger partial charge in [0.25, 0.3) is 11.8 Å². The average molecular weight is 502 g/mol. The van der Waals surface area contributed by atoms with Gasteiger partial charge in [-0.25, -0.2) is 0 Å². The van der Waals surface area contributed by atoms with Gasteiger partial charge in [-0.3, -0.25) is 34.4 Å². The number of carbonyl (C=O) groups is 5. The van der Waals surface area contributed by atoms with Gasteiger partial charge in [0.05, 0.1) is 12.5 Å². The molecule has 10 heteroatoms. The maximum absolute atomic E-state index is 12.3. The van der Waals surface area contributed by atoms with Crippen LogP contribution in [0.2, 0.25) is 0 Å². The largest absolute Gasteiger partial charge is 0.455 e. The number of anilines is 1. The van der Waals surface area contributed by atoms with Gasteiger partial charge in [0.1, 0.15) is 0 Å². The van der Waals surface area contributed by atoms with E-state index in [1.54, 1.807) is 48.5 Å². The van der Waals surface area contributed by atoms with Gasteiger partial charge in [-0.15, -0.1) is 0 Å². The van der Waals surface area contributed by atoms with Crippen molar-refractivity contribution in [1.82, 2.24) is 10.4 Å². The third-order valence-corrected chi connectivity index (χ3v) is 5.25. The molecule has 1 saturated heterocycles. The minimum Gasteiger partial charge on any atom is -0.455 e. The van der Waals surface area contributed by atoms with Gasteiger partial charge in [-0.2, -0.15) is 0 Å². The van der Waals surface area contributed by atoms with Crippen molar-refractivity contribution < 1.29 is 28.7 Å². The Bertz CT molecular complexity index is 1050. The van der Waals surface area contributed by atoms with Crippen LogP contribution in [0.3, 0.4) is 0 Å². The van der Waals surface area contributed by atoms with Crippen molar-refractivity contribution in [3.8, 4) is 0 Å². The van der Waals surface area contributed by atoms with Gasteiger partial charge < -0.3 is 10.1 Å². The summed E-state index contributed by atoms with van der Waals surface area (Å²) in [6.45, 7) is 0.867. The molecular formula is C22H20BrN3O6. The number of benzene rings is 2. The third kappa shape index (κ3) is 6.01. The van der Waals surface area contributed by atoms with E-state index in [-0.39, 0.29) is 18.7 Å². The number of hydrogen-bond acceptors (Lipinski definition) is 6. The molecule has 0 unspecified atom stereocenters. The summed E-state index contributed by atoms with van der Waals surface area (Å²) in [5, 5.41) is 3.63. The van der Waals surface area contributed by atoms with Crippen LogP contribution in [0.4, 0.5) is 5.69 Å². The van der Waals surface area contributed by atoms with Crippen LogP contribution in [0.1, 0.15) is 34.1 Å². The highest BCUT2D eigenvalue weighted by molar-refractivity contribution is 9.10. The van der Waals surface area contributed by atoms with Crippen molar-refractivity contribution in [3.05, 3.63) is 64.1 Å². The number of hydrogen-bond donors (Lipinski definition) is 2. The summed E-state index contributed by atoms with van der Waals surface area (Å²) >= 11 is 3.28. The van der Waals surface area contributed by atoms with Crippen LogP contribution in [-0.2, 0) is 19.1 Å². The summed E-state index contributed by atoms with van der Waals surface area (Å²) < 4.78 is 5.83. The molecule has 2 aromatic carbocycles. The first-order chi connectivity index (χ1) is 15.2. The summed E-state index contributed by atoms with van der Waals surface area (Å²) in [5.74, 6) is -3.05. The number of Topliss-reactive ketones (excluding diaryl/α,β-unsaturated/α-hetero) is 1. The van der Waals surface area contributed by atoms with E-state index in [2.05, 4.69) is 26.7 Å². The van der Waals surface area contributed by atoms with Crippen molar-refractivity contribution in [2.75, 3.05) is 18.5 Å². The van der Waals surface area contributed by atoms with Crippen LogP contribution in [0.15, 0.2) is 53.0 Å². The van der Waals surface area contributed by atoms with Gasteiger partial charge in [0.2, 0.25) is 5.91 Å². The smallest absolute Gasteiger partial charge is 0.311 e. The van der Waals surface area contributed by atoms with E-state index in [0.29, 0.717) is 16.8 Å². The number of ether oxygens (including phenoxy) is 1. The third-order valence-electron chi connectivity index (χ3n) is 4.72. The number of amides is 3. The summed E-state index contributed by atoms with van der Waals surface area (Å²) in [4.78, 5) is 60.0. The van der Waals surface area contributed by atoms with Crippen molar-refractivity contribution in [2.45, 2.75) is 13.3 Å². The number of ketones is 1. The van der Waals surface area contributed by atoms with Crippen LogP contribution in [-0.4, -0.2) is 47.6 Å². The molecule has 0 aromatic heterocycles. The van der Waals surface area contributed by atoms with Gasteiger partial charge in [0.15, 0.2) is 12.4 Å². The Labute approximate surface area is 192 Å². The second-order valence-electron chi connectivity index (χ2n) is 7.14. The molecule has 1 aliphatic rings. The van der Waals surface area contributed by atoms with Crippen LogP contribution < -0.4 is 10.7 Å². The molecule has 1 heterocycles. The highest BCUT2D eigenvalue weighted by Crippen LogP contribution is 2.18. The molecule has 1 aliphatic heterocycles. The second-order valence-corrected chi connectivity index (χ2v) is 8.06. The van der Waals surface area contributed by atoms with E-state index in [1.165, 1.54) is 6.92 Å². The van der Waals surface area contributed by atoms with Crippen molar-refractivity contribution in [3.63, 3.8) is 0 Å². The van der Waals surface area contributed by atoms with E-state index < -0.39 is 36.2 Å². The Morgan fingerprint density at radius 2 is 1.66 bits per heavy atom. The van der Waals surface area contributed by atoms with Gasteiger partial charge in [0, 0.05) is 27.7 Å². The van der Waals surface area contributed by atoms with E-state index in [9.17, 15) is 24.0 Å². The lowest BCUT2D eigenvalue weighted by Gasteiger charge is -2.17. The molecule has 2 N–H and O–H groups in total. The predicted molar refractivity (Wildman–Crippen MR) is 117 cm³/mol. The molecule has 0 radical (unpaired) electrons. The van der Waals surface area contributed by atoms with E-state index in [0.717, 1.165) is 9.48 Å². The standard InChI is InChI=1S/C22H20BrN3O6/c1-13(27)14-4-8-18(9-5-14)24-19(28)12-32-22(31)16-10-20(29)26(11-16)25-21(30)15-2-6-17(23)7-3-15/h2-9,16H,10-12H2,1H3,(H,24,28)(H,25,30)/t16-/m1/s1. The number of rotatable bonds is 7. The van der Waals surface area contributed by atoms with Crippen LogP contribution in [0, 0.1) is 5.92 Å². The Balaban J connectivity index is 1.46. The van der Waals surface area contributed by atoms with Crippen LogP contribution >= 0.6 is 15.9 Å². The maximum Gasteiger partial charge on any atom is 0.311 e. The highest BCUT2D eigenvalue weighted by atomic mass is 79.9. The normalized spacial score (nSPS) is 15.2. The highest BCUT2D eigenvalue weighted by Gasteiger charge is 2.36. The zero-order valence-corrected chi connectivity index (χ0v) is 18.7. The van der Waals surface area contributed by atoms with Gasteiger partial charge in [-0.1, -0.05) is 15.9 Å². The van der Waals surface area contributed by atoms with E-state index >= 15 is 0 Å². The number of esters is 1. The summed E-state index contributed by atoms with van der Waals surface area (Å²) in [6, 6.07) is 12.9. The summed E-state index contributed by atoms with van der Waals surface area (Å²) in [7, 11) is 0. The number of nitrogens with zero attached hydrogens (tertiary/aromatic N) is 1. The fourth-order valence-electron chi connectivity index (χ4n) is 3.00. The molecule has 3 amide bonds. The first-order valence-corrected chi connectivity index (χ1v) is 10.5. The molecule has 0 saturated carbocycles. The Kier molecular flexibility index (Phi) is 7.37. The first-order valence-electron chi connectivity index (χ1n) is 9.67. The molecule has 0 spiro atoms. The second kappa shape index (κ2) is 10.2. The summed E-state index contributed by atoms with van der Waals surface area (Å²) in [6.07, 6.45) is -0.131. The molecule has 9 nitrogen and oxygen atoms in total. The van der Waals surface area contributed by atoms with E-state index in [1.807, 2.05) is 0 Å². The maximum atomic E-state index is 12.3. The first kappa shape index (κ1) is 23.1. The summed E-state index contributed by atoms with van der Waals surface area (Å²) in [5.41, 5.74) is 3.80. The Hall–Kier alpha value is -3.53. The quantitative estimate of drug-likeness (QED) is 0.443. The zero-order valence-electron chi connectivity index (χ0n) is 17.1. The lowest BCUT2D eigenvalue weighted by molar-refractivity contribution is -0.151. The number of halogens is 1. The van der Waals surface area contributed by atoms with Gasteiger partial charge >= 0.3 is 5.97 Å². The van der Waals surface area contributed by atoms with Crippen LogP contribution in [0.5, 0.6) is 0 Å². The molecule has 2 aromatic rings. The van der Waals surface area contributed by atoms with Crippen LogP contribution in [0.25, 0.3) is 0 Å². The number of carbonyl (C=O) groups excluding carboxylic acids is 5. The molecule has 32 heavy (non-hydrogen) atoms. The fraction of sp³-hybridized carbons (Fsp3) is 0.227. The SMILES string of the molecule is CC(=O)c1ccc(NC(=O)COC(=O)[C@@H]2CC(=O)N(NC(=O)c3ccc(Br)cc3)C2)cc1. The zero-order chi connectivity index (χ0) is 23.3. The van der Waals surface area contributed by atoms with Crippen molar-refractivity contribution >= 4 is 51.1 Å². The van der Waals surface area contributed by atoms with E-state index in [4.69, 9.17) is 4.74 Å².